The lowest BCUT2D eigenvalue weighted by Gasteiger charge is -2.15. The molecule has 4 aromatic rings. The van der Waals surface area contributed by atoms with Gasteiger partial charge in [-0.1, -0.05) is 48.0 Å². The number of aliphatic imine (C=N–C) groups is 1. The van der Waals surface area contributed by atoms with Crippen LogP contribution in [0, 0.1) is 10.1 Å². The monoisotopic (exact) mass is 571 g/mol. The van der Waals surface area contributed by atoms with E-state index in [1.165, 1.54) is 31.0 Å². The van der Waals surface area contributed by atoms with Gasteiger partial charge in [0, 0.05) is 12.1 Å². The van der Waals surface area contributed by atoms with E-state index in [2.05, 4.69) is 0 Å². The van der Waals surface area contributed by atoms with Crippen LogP contribution in [0.15, 0.2) is 107 Å². The summed E-state index contributed by atoms with van der Waals surface area (Å²) in [4.78, 5) is 30.8. The number of non-ortho nitro benzene ring substituents is 1. The van der Waals surface area contributed by atoms with Gasteiger partial charge in [0.05, 0.1) is 33.3 Å². The van der Waals surface area contributed by atoms with Crippen molar-refractivity contribution in [3.63, 3.8) is 0 Å². The summed E-state index contributed by atoms with van der Waals surface area (Å²) >= 11 is 7.85. The molecule has 5 rings (SSSR count). The Hall–Kier alpha value is -4.60. The van der Waals surface area contributed by atoms with E-state index in [0.29, 0.717) is 37.8 Å². The van der Waals surface area contributed by atoms with Crippen LogP contribution in [0.2, 0.25) is 5.02 Å². The van der Waals surface area contributed by atoms with Gasteiger partial charge in [0.15, 0.2) is 16.7 Å². The summed E-state index contributed by atoms with van der Waals surface area (Å²) in [6.07, 6.45) is 1.74. The Morgan fingerprint density at radius 3 is 2.33 bits per heavy atom. The number of carbonyl (C=O) groups is 1. The number of benzene rings is 4. The van der Waals surface area contributed by atoms with Crippen LogP contribution in [-0.4, -0.2) is 23.1 Å². The van der Waals surface area contributed by atoms with E-state index in [1.807, 2.05) is 60.7 Å². The third kappa shape index (κ3) is 6.01. The van der Waals surface area contributed by atoms with Crippen LogP contribution in [0.25, 0.3) is 6.08 Å². The van der Waals surface area contributed by atoms with Gasteiger partial charge in [-0.3, -0.25) is 19.8 Å². The Kier molecular flexibility index (Phi) is 8.14. The highest BCUT2D eigenvalue weighted by Gasteiger charge is 2.34. The second-order valence-corrected chi connectivity index (χ2v) is 9.98. The van der Waals surface area contributed by atoms with E-state index < -0.39 is 4.92 Å². The second kappa shape index (κ2) is 12.1. The quantitative estimate of drug-likeness (QED) is 0.122. The topological polar surface area (TPSA) is 94.3 Å². The van der Waals surface area contributed by atoms with E-state index in [-0.39, 0.29) is 18.2 Å². The first-order chi connectivity index (χ1) is 19.4. The highest BCUT2D eigenvalue weighted by atomic mass is 35.5. The molecule has 10 heteroatoms. The van der Waals surface area contributed by atoms with Crippen molar-refractivity contribution in [1.29, 1.82) is 0 Å². The predicted molar refractivity (Wildman–Crippen MR) is 158 cm³/mol. The maximum absolute atomic E-state index is 13.6. The van der Waals surface area contributed by atoms with Crippen molar-refractivity contribution in [2.45, 2.75) is 6.61 Å². The number of rotatable bonds is 8. The van der Waals surface area contributed by atoms with E-state index in [1.54, 1.807) is 35.2 Å². The van der Waals surface area contributed by atoms with Gasteiger partial charge in [-0.15, -0.1) is 0 Å². The SMILES string of the molecule is COc1cc(/C=C2/SC(=Nc3ccccc3)N(c3ccccc3)C2=O)cc(Cl)c1OCc1ccc([N+](=O)[O-])cc1. The van der Waals surface area contributed by atoms with Gasteiger partial charge in [-0.25, -0.2) is 4.99 Å². The van der Waals surface area contributed by atoms with Crippen LogP contribution in [0.3, 0.4) is 0 Å². The number of nitro benzene ring substituents is 1. The molecule has 0 N–H and O–H groups in total. The molecule has 1 fully saturated rings. The van der Waals surface area contributed by atoms with Gasteiger partial charge >= 0.3 is 0 Å². The Labute approximate surface area is 239 Å². The molecule has 1 aliphatic heterocycles. The fourth-order valence-electron chi connectivity index (χ4n) is 3.95. The third-order valence-corrected chi connectivity index (χ3v) is 7.13. The Bertz CT molecular complexity index is 1610. The normalized spacial score (nSPS) is 15.1. The average Bonchev–Trinajstić information content (AvgIpc) is 3.27. The molecule has 0 unspecified atom stereocenters. The summed E-state index contributed by atoms with van der Waals surface area (Å²) < 4.78 is 11.4. The minimum absolute atomic E-state index is 0.00103. The molecule has 8 nitrogen and oxygen atoms in total. The molecule has 0 saturated carbocycles. The molecule has 1 heterocycles. The predicted octanol–water partition coefficient (Wildman–Crippen LogP) is 7.64. The largest absolute Gasteiger partial charge is 0.493 e. The van der Waals surface area contributed by atoms with Crippen LogP contribution in [0.1, 0.15) is 11.1 Å². The number of nitrogens with zero attached hydrogens (tertiary/aromatic N) is 3. The zero-order valence-corrected chi connectivity index (χ0v) is 22.8. The molecule has 1 saturated heterocycles. The minimum Gasteiger partial charge on any atom is -0.493 e. The second-order valence-electron chi connectivity index (χ2n) is 8.56. The zero-order valence-electron chi connectivity index (χ0n) is 21.2. The molecule has 200 valence electrons. The number of nitro groups is 1. The third-order valence-electron chi connectivity index (χ3n) is 5.88. The number of ether oxygens (including phenoxy) is 2. The van der Waals surface area contributed by atoms with Crippen LogP contribution in [0.4, 0.5) is 17.1 Å². The number of amidine groups is 1. The number of methoxy groups -OCH3 is 1. The van der Waals surface area contributed by atoms with Crippen molar-refractivity contribution < 1.29 is 19.2 Å². The lowest BCUT2D eigenvalue weighted by molar-refractivity contribution is -0.384. The summed E-state index contributed by atoms with van der Waals surface area (Å²) in [7, 11) is 1.50. The van der Waals surface area contributed by atoms with Crippen molar-refractivity contribution in [3.05, 3.63) is 128 Å². The molecule has 1 amide bonds. The van der Waals surface area contributed by atoms with E-state index in [9.17, 15) is 14.9 Å². The minimum atomic E-state index is -0.458. The average molecular weight is 572 g/mol. The summed E-state index contributed by atoms with van der Waals surface area (Å²) in [6, 6.07) is 28.3. The summed E-state index contributed by atoms with van der Waals surface area (Å²) in [5.74, 6) is 0.501. The van der Waals surface area contributed by atoms with Crippen molar-refractivity contribution in [2.24, 2.45) is 4.99 Å². The number of hydrogen-bond acceptors (Lipinski definition) is 7. The Balaban J connectivity index is 1.43. The number of amides is 1. The molecule has 0 aliphatic carbocycles. The first-order valence-electron chi connectivity index (χ1n) is 12.1. The molecule has 0 bridgehead atoms. The van der Waals surface area contributed by atoms with Gasteiger partial charge in [-0.2, -0.15) is 0 Å². The first kappa shape index (κ1) is 27.0. The van der Waals surface area contributed by atoms with Gasteiger partial charge in [0.25, 0.3) is 11.6 Å². The van der Waals surface area contributed by atoms with Gasteiger partial charge < -0.3 is 9.47 Å². The fraction of sp³-hybridized carbons (Fsp3) is 0.0667. The fourth-order valence-corrected chi connectivity index (χ4v) is 5.23. The molecular formula is C30H22ClN3O5S. The first-order valence-corrected chi connectivity index (χ1v) is 13.3. The van der Waals surface area contributed by atoms with Crippen molar-refractivity contribution in [1.82, 2.24) is 0 Å². The van der Waals surface area contributed by atoms with Gasteiger partial charge in [0.2, 0.25) is 0 Å². The number of carbonyl (C=O) groups excluding carboxylic acids is 1. The van der Waals surface area contributed by atoms with Gasteiger partial charge in [-0.05, 0) is 77.5 Å². The number of thioether (sulfide) groups is 1. The molecule has 0 radical (unpaired) electrons. The van der Waals surface area contributed by atoms with Gasteiger partial charge in [0.1, 0.15) is 6.61 Å². The smallest absolute Gasteiger partial charge is 0.271 e. The maximum atomic E-state index is 13.6. The van der Waals surface area contributed by atoms with Crippen LogP contribution in [0.5, 0.6) is 11.5 Å². The van der Waals surface area contributed by atoms with Crippen LogP contribution >= 0.6 is 23.4 Å². The lowest BCUT2D eigenvalue weighted by atomic mass is 10.1. The maximum Gasteiger partial charge on any atom is 0.271 e. The molecular weight excluding hydrogens is 550 g/mol. The summed E-state index contributed by atoms with van der Waals surface area (Å²) in [5.41, 5.74) is 2.82. The van der Waals surface area contributed by atoms with E-state index in [0.717, 1.165) is 11.3 Å². The molecule has 0 aromatic heterocycles. The Morgan fingerprint density at radius 2 is 1.68 bits per heavy atom. The van der Waals surface area contributed by atoms with Crippen molar-refractivity contribution >= 4 is 57.6 Å². The number of halogens is 1. The number of anilines is 1. The van der Waals surface area contributed by atoms with E-state index in [4.69, 9.17) is 26.1 Å². The standard InChI is InChI=1S/C30H22ClN3O5S/c1-38-26-17-21(16-25(31)28(26)39-19-20-12-14-24(15-13-20)34(36)37)18-27-29(35)33(23-10-6-3-7-11-23)30(40-27)32-22-8-4-2-5-9-22/h2-18H,19H2,1H3/b27-18+,32-30?. The lowest BCUT2D eigenvalue weighted by Crippen LogP contribution is -2.28. The molecule has 0 atom stereocenters. The Morgan fingerprint density at radius 1 is 1.00 bits per heavy atom. The highest BCUT2D eigenvalue weighted by Crippen LogP contribution is 2.41. The number of para-hydroxylation sites is 2. The van der Waals surface area contributed by atoms with E-state index >= 15 is 0 Å². The van der Waals surface area contributed by atoms with Crippen molar-refractivity contribution in [3.8, 4) is 11.5 Å². The summed E-state index contributed by atoms with van der Waals surface area (Å²) in [6.45, 7) is 0.133. The van der Waals surface area contributed by atoms with Crippen LogP contribution < -0.4 is 14.4 Å². The highest BCUT2D eigenvalue weighted by molar-refractivity contribution is 8.19. The zero-order chi connectivity index (χ0) is 28.1. The number of hydrogen-bond donors (Lipinski definition) is 0. The molecule has 1 aliphatic rings. The summed E-state index contributed by atoms with van der Waals surface area (Å²) in [5, 5.41) is 11.7. The molecule has 40 heavy (non-hydrogen) atoms. The molecule has 0 spiro atoms. The van der Waals surface area contributed by atoms with Crippen LogP contribution in [-0.2, 0) is 11.4 Å². The van der Waals surface area contributed by atoms with Crippen molar-refractivity contribution in [2.75, 3.05) is 12.0 Å². The molecule has 4 aromatic carbocycles.